The average molecular weight is 283 g/mol. The summed E-state index contributed by atoms with van der Waals surface area (Å²) in [5, 5.41) is 10.1. The van der Waals surface area contributed by atoms with Crippen molar-refractivity contribution in [1.29, 1.82) is 0 Å². The van der Waals surface area contributed by atoms with Crippen LogP contribution in [0.3, 0.4) is 0 Å². The summed E-state index contributed by atoms with van der Waals surface area (Å²) in [6.07, 6.45) is 1.74. The van der Waals surface area contributed by atoms with Gasteiger partial charge in [-0.1, -0.05) is 30.3 Å². The van der Waals surface area contributed by atoms with E-state index in [4.69, 9.17) is 4.74 Å². The largest absolute Gasteiger partial charge is 0.376 e. The number of carbonyl (C=O) groups excluding carboxylic acids is 1. The summed E-state index contributed by atoms with van der Waals surface area (Å²) in [5.74, 6) is 1.10. The van der Waals surface area contributed by atoms with Gasteiger partial charge >= 0.3 is 0 Å². The van der Waals surface area contributed by atoms with Crippen molar-refractivity contribution in [2.24, 2.45) is 5.92 Å². The monoisotopic (exact) mass is 283 g/mol. The van der Waals surface area contributed by atoms with E-state index in [1.54, 1.807) is 0 Å². The Hall–Kier alpha value is -2.14. The van der Waals surface area contributed by atoms with Gasteiger partial charge in [0.15, 0.2) is 5.82 Å². The highest BCUT2D eigenvalue weighted by molar-refractivity contribution is 5.95. The van der Waals surface area contributed by atoms with Crippen LogP contribution < -0.4 is 5.32 Å². The molecule has 0 saturated heterocycles. The highest BCUT2D eigenvalue weighted by Crippen LogP contribution is 2.47. The third kappa shape index (κ3) is 2.34. The van der Waals surface area contributed by atoms with Gasteiger partial charge in [-0.15, -0.1) is 0 Å². The van der Waals surface area contributed by atoms with Gasteiger partial charge in [-0.3, -0.25) is 9.89 Å². The van der Waals surface area contributed by atoms with Crippen molar-refractivity contribution in [2.75, 3.05) is 11.9 Å². The number of aromatic nitrogens is 2. The standard InChI is InChI=1S/C16H17N3O2/c20-16(12-8-11(12)10-4-2-1-3-5-10)17-15-13-9-21-7-6-14(13)18-19-15/h1-5,11-12H,6-9H2,(H2,17,18,19,20)/t11-,12+/m1/s1. The third-order valence-electron chi connectivity index (χ3n) is 4.29. The SMILES string of the molecule is O=C(Nc1n[nH]c2c1COCC2)[C@H]1C[C@@H]1c1ccccc1. The minimum absolute atomic E-state index is 0.0590. The molecule has 0 unspecified atom stereocenters. The van der Waals surface area contributed by atoms with E-state index in [2.05, 4.69) is 27.6 Å². The number of hydrogen-bond donors (Lipinski definition) is 2. The Morgan fingerprint density at radius 3 is 3.05 bits per heavy atom. The lowest BCUT2D eigenvalue weighted by Crippen LogP contribution is -2.17. The van der Waals surface area contributed by atoms with Crippen LogP contribution in [0.5, 0.6) is 0 Å². The van der Waals surface area contributed by atoms with Crippen LogP contribution in [0.1, 0.15) is 29.2 Å². The zero-order valence-electron chi connectivity index (χ0n) is 11.6. The van der Waals surface area contributed by atoms with E-state index in [9.17, 15) is 4.79 Å². The number of nitrogens with one attached hydrogen (secondary N) is 2. The van der Waals surface area contributed by atoms with Crippen LogP contribution >= 0.6 is 0 Å². The van der Waals surface area contributed by atoms with Crippen LogP contribution in [0.15, 0.2) is 30.3 Å². The van der Waals surface area contributed by atoms with Crippen molar-refractivity contribution in [3.63, 3.8) is 0 Å². The number of amides is 1. The van der Waals surface area contributed by atoms with E-state index in [1.807, 2.05) is 18.2 Å². The van der Waals surface area contributed by atoms with Gasteiger partial charge in [0.2, 0.25) is 5.91 Å². The fourth-order valence-corrected chi connectivity index (χ4v) is 2.98. The highest BCUT2D eigenvalue weighted by atomic mass is 16.5. The molecule has 1 aromatic carbocycles. The van der Waals surface area contributed by atoms with Crippen LogP contribution in [0, 0.1) is 5.92 Å². The molecule has 0 spiro atoms. The summed E-state index contributed by atoms with van der Waals surface area (Å²) in [6.45, 7) is 1.23. The maximum atomic E-state index is 12.3. The molecule has 108 valence electrons. The topological polar surface area (TPSA) is 67.0 Å². The first-order chi connectivity index (χ1) is 10.3. The number of carbonyl (C=O) groups is 1. The first kappa shape index (κ1) is 12.6. The second-order valence-electron chi connectivity index (χ2n) is 5.68. The molecule has 1 aliphatic heterocycles. The summed E-state index contributed by atoms with van der Waals surface area (Å²) in [4.78, 5) is 12.3. The lowest BCUT2D eigenvalue weighted by Gasteiger charge is -2.12. The van der Waals surface area contributed by atoms with Crippen molar-refractivity contribution < 1.29 is 9.53 Å². The van der Waals surface area contributed by atoms with Gasteiger partial charge in [-0.05, 0) is 17.9 Å². The molecule has 2 aromatic rings. The lowest BCUT2D eigenvalue weighted by atomic mass is 10.1. The predicted octanol–water partition coefficient (Wildman–Crippen LogP) is 2.22. The summed E-state index contributed by atoms with van der Waals surface area (Å²) in [5.41, 5.74) is 3.31. The van der Waals surface area contributed by atoms with Gasteiger partial charge in [0.25, 0.3) is 0 Å². The van der Waals surface area contributed by atoms with Gasteiger partial charge < -0.3 is 10.1 Å². The molecule has 21 heavy (non-hydrogen) atoms. The number of aromatic amines is 1. The van der Waals surface area contributed by atoms with Crippen molar-refractivity contribution in [3.8, 4) is 0 Å². The number of nitrogens with zero attached hydrogens (tertiary/aromatic N) is 1. The quantitative estimate of drug-likeness (QED) is 0.907. The summed E-state index contributed by atoms with van der Waals surface area (Å²) >= 11 is 0. The normalized spacial score (nSPS) is 23.4. The number of benzene rings is 1. The Morgan fingerprint density at radius 2 is 2.19 bits per heavy atom. The molecule has 4 rings (SSSR count). The van der Waals surface area contributed by atoms with Crippen LogP contribution in [0.25, 0.3) is 0 Å². The zero-order valence-corrected chi connectivity index (χ0v) is 11.6. The Bertz CT molecular complexity index is 665. The number of anilines is 1. The molecule has 2 heterocycles. The molecule has 2 atom stereocenters. The number of fused-ring (bicyclic) bond motifs is 1. The molecule has 1 fully saturated rings. The number of hydrogen-bond acceptors (Lipinski definition) is 3. The molecular formula is C16H17N3O2. The molecule has 1 amide bonds. The lowest BCUT2D eigenvalue weighted by molar-refractivity contribution is -0.117. The van der Waals surface area contributed by atoms with E-state index >= 15 is 0 Å². The van der Waals surface area contributed by atoms with E-state index in [0.717, 1.165) is 24.1 Å². The Kier molecular flexibility index (Phi) is 3.00. The van der Waals surface area contributed by atoms with Crippen LogP contribution in [0.4, 0.5) is 5.82 Å². The molecule has 0 bridgehead atoms. The first-order valence-corrected chi connectivity index (χ1v) is 7.32. The number of ether oxygens (including phenoxy) is 1. The van der Waals surface area contributed by atoms with E-state index < -0.39 is 0 Å². The van der Waals surface area contributed by atoms with Crippen LogP contribution in [-0.4, -0.2) is 22.7 Å². The fraction of sp³-hybridized carbons (Fsp3) is 0.375. The maximum absolute atomic E-state index is 12.3. The molecule has 5 heteroatoms. The van der Waals surface area contributed by atoms with E-state index in [-0.39, 0.29) is 11.8 Å². The minimum Gasteiger partial charge on any atom is -0.376 e. The molecule has 0 radical (unpaired) electrons. The molecule has 5 nitrogen and oxygen atoms in total. The van der Waals surface area contributed by atoms with Crippen LogP contribution in [-0.2, 0) is 22.6 Å². The summed E-state index contributed by atoms with van der Waals surface area (Å²) < 4.78 is 5.43. The van der Waals surface area contributed by atoms with Crippen molar-refractivity contribution in [3.05, 3.63) is 47.2 Å². The predicted molar refractivity (Wildman–Crippen MR) is 77.9 cm³/mol. The average Bonchev–Trinajstić information content (AvgIpc) is 3.25. The van der Waals surface area contributed by atoms with Gasteiger partial charge in [0.1, 0.15) is 0 Å². The van der Waals surface area contributed by atoms with Gasteiger partial charge in [0, 0.05) is 23.6 Å². The second kappa shape index (κ2) is 5.00. The number of H-pyrrole nitrogens is 1. The summed E-state index contributed by atoms with van der Waals surface area (Å²) in [7, 11) is 0. The maximum Gasteiger partial charge on any atom is 0.229 e. The summed E-state index contributed by atoms with van der Waals surface area (Å²) in [6, 6.07) is 10.2. The smallest absolute Gasteiger partial charge is 0.229 e. The van der Waals surface area contributed by atoms with Gasteiger partial charge in [0.05, 0.1) is 13.2 Å². The zero-order chi connectivity index (χ0) is 14.2. The second-order valence-corrected chi connectivity index (χ2v) is 5.68. The van der Waals surface area contributed by atoms with Crippen molar-refractivity contribution >= 4 is 11.7 Å². The van der Waals surface area contributed by atoms with Gasteiger partial charge in [-0.2, -0.15) is 5.10 Å². The third-order valence-corrected chi connectivity index (χ3v) is 4.29. The molecular weight excluding hydrogens is 266 g/mol. The first-order valence-electron chi connectivity index (χ1n) is 7.32. The Balaban J connectivity index is 1.44. The Morgan fingerprint density at radius 1 is 1.33 bits per heavy atom. The van der Waals surface area contributed by atoms with Gasteiger partial charge in [-0.25, -0.2) is 0 Å². The van der Waals surface area contributed by atoms with Crippen molar-refractivity contribution in [2.45, 2.75) is 25.4 Å². The molecule has 1 saturated carbocycles. The van der Waals surface area contributed by atoms with Crippen molar-refractivity contribution in [1.82, 2.24) is 10.2 Å². The van der Waals surface area contributed by atoms with E-state index in [0.29, 0.717) is 24.9 Å². The molecule has 2 N–H and O–H groups in total. The Labute approximate surface area is 122 Å². The van der Waals surface area contributed by atoms with E-state index in [1.165, 1.54) is 5.56 Å². The molecule has 2 aliphatic rings. The fourth-order valence-electron chi connectivity index (χ4n) is 2.98. The highest BCUT2D eigenvalue weighted by Gasteiger charge is 2.44. The molecule has 1 aliphatic carbocycles. The minimum atomic E-state index is 0.0590. The number of rotatable bonds is 3. The molecule has 1 aromatic heterocycles. The van der Waals surface area contributed by atoms with Crippen LogP contribution in [0.2, 0.25) is 0 Å².